The molecule has 0 unspecified atom stereocenters. The first-order valence-electron chi connectivity index (χ1n) is 5.87. The van der Waals surface area contributed by atoms with Crippen molar-refractivity contribution in [3.63, 3.8) is 0 Å². The van der Waals surface area contributed by atoms with Crippen LogP contribution in [-0.4, -0.2) is 17.6 Å². The van der Waals surface area contributed by atoms with Gasteiger partial charge >= 0.3 is 5.97 Å². The lowest BCUT2D eigenvalue weighted by Gasteiger charge is -2.10. The van der Waals surface area contributed by atoms with Crippen molar-refractivity contribution in [1.29, 1.82) is 5.26 Å². The summed E-state index contributed by atoms with van der Waals surface area (Å²) in [6.45, 7) is 0. The number of hydrogen-bond donors (Lipinski definition) is 1. The van der Waals surface area contributed by atoms with Gasteiger partial charge in [-0.1, -0.05) is 22.0 Å². The molecule has 0 spiro atoms. The number of nitrogen functional groups attached to an aromatic ring is 1. The van der Waals surface area contributed by atoms with Gasteiger partial charge in [0.1, 0.15) is 11.9 Å². The van der Waals surface area contributed by atoms with Crippen molar-refractivity contribution < 1.29 is 13.9 Å². The highest BCUT2D eigenvalue weighted by Crippen LogP contribution is 2.26. The minimum absolute atomic E-state index is 0.0340. The molecule has 0 atom stereocenters. The van der Waals surface area contributed by atoms with Crippen molar-refractivity contribution in [3.8, 4) is 11.8 Å². The summed E-state index contributed by atoms with van der Waals surface area (Å²) in [7, 11) is 1.19. The number of esters is 1. The van der Waals surface area contributed by atoms with Gasteiger partial charge in [-0.05, 0) is 17.7 Å². The maximum atomic E-state index is 14.2. The van der Waals surface area contributed by atoms with Gasteiger partial charge in [-0.2, -0.15) is 5.26 Å². The number of anilines is 1. The second kappa shape index (κ2) is 5.97. The number of benzene rings is 1. The summed E-state index contributed by atoms with van der Waals surface area (Å²) in [5.74, 6) is -1.27. The van der Waals surface area contributed by atoms with Crippen molar-refractivity contribution in [2.24, 2.45) is 0 Å². The molecule has 1 heterocycles. The minimum atomic E-state index is -0.738. The number of nitrogens with zero attached hydrogens (tertiary/aromatic N) is 2. The molecule has 5 nitrogen and oxygen atoms in total. The zero-order chi connectivity index (χ0) is 15.6. The summed E-state index contributed by atoms with van der Waals surface area (Å²) in [6, 6.07) is 6.42. The maximum Gasteiger partial charge on any atom is 0.357 e. The van der Waals surface area contributed by atoms with Gasteiger partial charge in [-0.25, -0.2) is 9.18 Å². The van der Waals surface area contributed by atoms with Crippen molar-refractivity contribution >= 4 is 27.6 Å². The van der Waals surface area contributed by atoms with Gasteiger partial charge in [-0.15, -0.1) is 0 Å². The third kappa shape index (κ3) is 2.62. The van der Waals surface area contributed by atoms with Gasteiger partial charge in [0.05, 0.1) is 24.0 Å². The van der Waals surface area contributed by atoms with Crippen LogP contribution < -0.4 is 5.73 Å². The molecule has 0 bridgehead atoms. The fourth-order valence-electron chi connectivity index (χ4n) is 1.93. The molecule has 108 valence electrons. The van der Waals surface area contributed by atoms with Gasteiger partial charge in [0.15, 0.2) is 5.69 Å². The average Bonchev–Trinajstić information content (AvgIpc) is 2.82. The van der Waals surface area contributed by atoms with Crippen LogP contribution >= 0.6 is 15.9 Å². The molecule has 0 amide bonds. The van der Waals surface area contributed by atoms with E-state index in [0.717, 1.165) is 5.56 Å². The molecule has 0 fully saturated rings. The molecule has 2 N–H and O–H groups in total. The Balaban J connectivity index is 2.69. The molecule has 0 radical (unpaired) electrons. The Hall–Kier alpha value is -2.33. The minimum Gasteiger partial charge on any atom is -0.464 e. The van der Waals surface area contributed by atoms with E-state index in [1.807, 2.05) is 6.07 Å². The van der Waals surface area contributed by atoms with E-state index in [1.165, 1.54) is 30.0 Å². The van der Waals surface area contributed by atoms with E-state index < -0.39 is 11.8 Å². The van der Waals surface area contributed by atoms with Gasteiger partial charge < -0.3 is 15.0 Å². The number of carbonyl (C=O) groups is 1. The summed E-state index contributed by atoms with van der Waals surface area (Å²) in [4.78, 5) is 11.8. The fraction of sp³-hybridized carbons (Fsp3) is 0.143. The van der Waals surface area contributed by atoms with E-state index in [1.54, 1.807) is 6.07 Å². The number of methoxy groups -OCH3 is 1. The standard InChI is InChI=1S/C14H11BrFN3O2/c1-21-14(20)13-12(18)9(6-17)7-19(13)11-3-2-8(5-15)4-10(11)16/h2-4,7H,5,18H2,1H3. The predicted molar refractivity (Wildman–Crippen MR) is 78.8 cm³/mol. The molecular formula is C14H11BrFN3O2. The Kier molecular flexibility index (Phi) is 4.29. The lowest BCUT2D eigenvalue weighted by atomic mass is 10.2. The summed E-state index contributed by atoms with van der Waals surface area (Å²) < 4.78 is 20.1. The molecule has 2 aromatic rings. The second-order valence-corrected chi connectivity index (χ2v) is 4.76. The van der Waals surface area contributed by atoms with Gasteiger partial charge in [-0.3, -0.25) is 0 Å². The highest BCUT2D eigenvalue weighted by Gasteiger charge is 2.23. The number of nitrogens with two attached hydrogens (primary N) is 1. The number of hydrogen-bond acceptors (Lipinski definition) is 4. The van der Waals surface area contributed by atoms with E-state index >= 15 is 0 Å². The quantitative estimate of drug-likeness (QED) is 0.680. The van der Waals surface area contributed by atoms with Crippen LogP contribution in [0.1, 0.15) is 21.6 Å². The van der Waals surface area contributed by atoms with Crippen LogP contribution in [0.25, 0.3) is 5.69 Å². The highest BCUT2D eigenvalue weighted by atomic mass is 79.9. The Morgan fingerprint density at radius 1 is 1.57 bits per heavy atom. The molecule has 1 aromatic heterocycles. The maximum absolute atomic E-state index is 14.2. The molecule has 0 aliphatic heterocycles. The summed E-state index contributed by atoms with van der Waals surface area (Å²) in [6.07, 6.45) is 1.31. The van der Waals surface area contributed by atoms with Crippen molar-refractivity contribution in [2.45, 2.75) is 5.33 Å². The first kappa shape index (κ1) is 15.1. The zero-order valence-electron chi connectivity index (χ0n) is 11.1. The van der Waals surface area contributed by atoms with Crippen molar-refractivity contribution in [1.82, 2.24) is 4.57 Å². The Morgan fingerprint density at radius 3 is 2.81 bits per heavy atom. The van der Waals surface area contributed by atoms with E-state index in [9.17, 15) is 9.18 Å². The normalized spacial score (nSPS) is 10.2. The number of rotatable bonds is 3. The Morgan fingerprint density at radius 2 is 2.29 bits per heavy atom. The molecule has 0 aliphatic rings. The van der Waals surface area contributed by atoms with Gasteiger partial charge in [0, 0.05) is 11.5 Å². The number of nitriles is 1. The van der Waals surface area contributed by atoms with Crippen LogP contribution in [0.3, 0.4) is 0 Å². The average molecular weight is 352 g/mol. The number of ether oxygens (including phenoxy) is 1. The number of aromatic nitrogens is 1. The van der Waals surface area contributed by atoms with Crippen LogP contribution in [0.5, 0.6) is 0 Å². The van der Waals surface area contributed by atoms with Crippen LogP contribution in [0, 0.1) is 17.1 Å². The molecular weight excluding hydrogens is 341 g/mol. The van der Waals surface area contributed by atoms with E-state index in [-0.39, 0.29) is 22.6 Å². The van der Waals surface area contributed by atoms with Crippen LogP contribution in [0.4, 0.5) is 10.1 Å². The number of carbonyl (C=O) groups excluding carboxylic acids is 1. The van der Waals surface area contributed by atoms with Gasteiger partial charge in [0.2, 0.25) is 0 Å². The second-order valence-electron chi connectivity index (χ2n) is 4.20. The van der Waals surface area contributed by atoms with E-state index in [2.05, 4.69) is 20.7 Å². The summed E-state index contributed by atoms with van der Waals surface area (Å²) in [5.41, 5.74) is 6.60. The van der Waals surface area contributed by atoms with Crippen molar-refractivity contribution in [3.05, 3.63) is 47.0 Å². The monoisotopic (exact) mass is 351 g/mol. The van der Waals surface area contributed by atoms with E-state index in [4.69, 9.17) is 11.0 Å². The third-order valence-corrected chi connectivity index (χ3v) is 3.62. The molecule has 1 aromatic carbocycles. The lowest BCUT2D eigenvalue weighted by Crippen LogP contribution is -2.12. The number of alkyl halides is 1. The van der Waals surface area contributed by atoms with E-state index in [0.29, 0.717) is 5.33 Å². The fourth-order valence-corrected chi connectivity index (χ4v) is 2.28. The SMILES string of the molecule is COC(=O)c1c(N)c(C#N)cn1-c1ccc(CBr)cc1F. The lowest BCUT2D eigenvalue weighted by molar-refractivity contribution is 0.0593. The van der Waals surface area contributed by atoms with Crippen LogP contribution in [0.15, 0.2) is 24.4 Å². The molecule has 21 heavy (non-hydrogen) atoms. The zero-order valence-corrected chi connectivity index (χ0v) is 12.6. The number of halogens is 2. The Labute approximate surface area is 128 Å². The smallest absolute Gasteiger partial charge is 0.357 e. The van der Waals surface area contributed by atoms with Gasteiger partial charge in [0.25, 0.3) is 0 Å². The largest absolute Gasteiger partial charge is 0.464 e. The molecule has 7 heteroatoms. The first-order valence-corrected chi connectivity index (χ1v) is 6.99. The van der Waals surface area contributed by atoms with Crippen LogP contribution in [0.2, 0.25) is 0 Å². The summed E-state index contributed by atoms with van der Waals surface area (Å²) in [5, 5.41) is 9.52. The Bertz CT molecular complexity index is 749. The molecule has 2 rings (SSSR count). The van der Waals surface area contributed by atoms with Crippen molar-refractivity contribution in [2.75, 3.05) is 12.8 Å². The highest BCUT2D eigenvalue weighted by molar-refractivity contribution is 9.08. The molecule has 0 saturated heterocycles. The topological polar surface area (TPSA) is 81.0 Å². The molecule has 0 aliphatic carbocycles. The predicted octanol–water partition coefficient (Wildman–Crippen LogP) is 2.75. The third-order valence-electron chi connectivity index (χ3n) is 2.97. The molecule has 0 saturated carbocycles. The summed E-state index contributed by atoms with van der Waals surface area (Å²) >= 11 is 3.24. The van der Waals surface area contributed by atoms with Crippen LogP contribution in [-0.2, 0) is 10.1 Å². The first-order chi connectivity index (χ1) is 10.0.